The summed E-state index contributed by atoms with van der Waals surface area (Å²) < 4.78 is 7.44. The van der Waals surface area contributed by atoms with Gasteiger partial charge in [-0.2, -0.15) is 5.10 Å². The van der Waals surface area contributed by atoms with Gasteiger partial charge in [0, 0.05) is 23.2 Å². The van der Waals surface area contributed by atoms with Crippen LogP contribution >= 0.6 is 11.8 Å². The fraction of sp³-hybridized carbons (Fsp3) is 0.222. The first-order valence-corrected chi connectivity index (χ1v) is 9.55. The summed E-state index contributed by atoms with van der Waals surface area (Å²) in [5.74, 6) is 1.12. The molecule has 0 unspecified atom stereocenters. The number of H-pyrrole nitrogens is 1. The molecule has 0 amide bonds. The number of aryl methyl sites for hydroxylation is 1. The normalized spacial score (nSPS) is 11.2. The van der Waals surface area contributed by atoms with E-state index in [0.717, 1.165) is 33.5 Å². The molecular weight excluding hydrogens is 376 g/mol. The predicted octanol–water partition coefficient (Wildman–Crippen LogP) is 2.31. The van der Waals surface area contributed by atoms with Gasteiger partial charge >= 0.3 is 0 Å². The van der Waals surface area contributed by atoms with Gasteiger partial charge in [0.15, 0.2) is 22.1 Å². The van der Waals surface area contributed by atoms with Gasteiger partial charge in [-0.1, -0.05) is 11.8 Å². The molecule has 0 aliphatic carbocycles. The largest absolute Gasteiger partial charge is 0.497 e. The van der Waals surface area contributed by atoms with E-state index in [1.807, 2.05) is 28.8 Å². The molecule has 0 aliphatic rings. The highest BCUT2D eigenvalue weighted by atomic mass is 32.2. The van der Waals surface area contributed by atoms with Gasteiger partial charge in [0.1, 0.15) is 12.1 Å². The highest BCUT2D eigenvalue weighted by Crippen LogP contribution is 2.38. The third-order valence-electron chi connectivity index (χ3n) is 4.29. The number of methoxy groups -OCH3 is 1. The Kier molecular flexibility index (Phi) is 5.13. The van der Waals surface area contributed by atoms with E-state index in [1.54, 1.807) is 13.3 Å². The number of nitrogens with two attached hydrogens (primary N) is 2. The summed E-state index contributed by atoms with van der Waals surface area (Å²) in [7, 11) is 1.65. The van der Waals surface area contributed by atoms with E-state index in [4.69, 9.17) is 21.2 Å². The molecule has 5 N–H and O–H groups in total. The van der Waals surface area contributed by atoms with Gasteiger partial charge < -0.3 is 20.8 Å². The molecular formula is C18H20N8OS. The van der Waals surface area contributed by atoms with Crippen LogP contribution in [0.4, 0.5) is 5.82 Å². The summed E-state index contributed by atoms with van der Waals surface area (Å²) in [5, 5.41) is 7.84. The molecule has 0 aliphatic heterocycles. The maximum atomic E-state index is 6.02. The Hall–Kier alpha value is -3.11. The minimum atomic E-state index is 0.359. The smallest absolute Gasteiger partial charge is 0.175 e. The van der Waals surface area contributed by atoms with Crippen molar-refractivity contribution in [3.8, 4) is 17.0 Å². The Morgan fingerprint density at radius 1 is 1.25 bits per heavy atom. The van der Waals surface area contributed by atoms with Gasteiger partial charge in [-0.15, -0.1) is 0 Å². The Labute approximate surface area is 165 Å². The summed E-state index contributed by atoms with van der Waals surface area (Å²) in [6, 6.07) is 7.81. The first kappa shape index (κ1) is 18.3. The van der Waals surface area contributed by atoms with Crippen LogP contribution in [0, 0.1) is 0 Å². The maximum absolute atomic E-state index is 6.02. The van der Waals surface area contributed by atoms with Crippen molar-refractivity contribution in [2.75, 3.05) is 19.4 Å². The SMILES string of the molecule is COc1ccc(-c2ccn[nH]2)c(Sc2nc3c(N)ncnc3n2CCCN)c1. The number of hydrogen-bond donors (Lipinski definition) is 3. The number of benzene rings is 1. The van der Waals surface area contributed by atoms with E-state index >= 15 is 0 Å². The number of anilines is 1. The second-order valence-electron chi connectivity index (χ2n) is 6.05. The Balaban J connectivity index is 1.82. The predicted molar refractivity (Wildman–Crippen MR) is 108 cm³/mol. The quantitative estimate of drug-likeness (QED) is 0.433. The molecule has 0 spiro atoms. The summed E-state index contributed by atoms with van der Waals surface area (Å²) in [6.45, 7) is 1.26. The topological polar surface area (TPSA) is 134 Å². The average molecular weight is 396 g/mol. The molecule has 3 heterocycles. The van der Waals surface area contributed by atoms with Crippen LogP contribution < -0.4 is 16.2 Å². The average Bonchev–Trinajstić information content (AvgIpc) is 3.35. The third-order valence-corrected chi connectivity index (χ3v) is 5.34. The molecule has 0 saturated heterocycles. The van der Waals surface area contributed by atoms with E-state index in [9.17, 15) is 0 Å². The van der Waals surface area contributed by atoms with Gasteiger partial charge in [-0.05, 0) is 37.2 Å². The van der Waals surface area contributed by atoms with Crippen LogP contribution in [-0.4, -0.2) is 43.4 Å². The maximum Gasteiger partial charge on any atom is 0.175 e. The summed E-state index contributed by atoms with van der Waals surface area (Å²) in [5.41, 5.74) is 14.9. The molecule has 9 nitrogen and oxygen atoms in total. The number of aromatic amines is 1. The van der Waals surface area contributed by atoms with Gasteiger partial charge in [-0.3, -0.25) is 5.10 Å². The third kappa shape index (κ3) is 3.39. The van der Waals surface area contributed by atoms with E-state index in [0.29, 0.717) is 30.1 Å². The van der Waals surface area contributed by atoms with Crippen molar-refractivity contribution in [2.24, 2.45) is 5.73 Å². The second-order valence-corrected chi connectivity index (χ2v) is 7.06. The van der Waals surface area contributed by atoms with Crippen molar-refractivity contribution < 1.29 is 4.74 Å². The standard InChI is InChI=1S/C18H20N8OS/c1-27-11-3-4-12(13-5-7-23-25-13)14(9-11)28-18-24-15-16(20)21-10-22-17(15)26(18)8-2-6-19/h3-5,7,9-10H,2,6,8,19H2,1H3,(H,23,25)(H2,20,21,22). The molecule has 144 valence electrons. The van der Waals surface area contributed by atoms with Crippen molar-refractivity contribution in [1.29, 1.82) is 0 Å². The van der Waals surface area contributed by atoms with E-state index in [1.165, 1.54) is 18.1 Å². The number of hydrogen-bond acceptors (Lipinski definition) is 8. The number of nitrogen functional groups attached to an aromatic ring is 1. The van der Waals surface area contributed by atoms with E-state index < -0.39 is 0 Å². The molecule has 1 aromatic carbocycles. The van der Waals surface area contributed by atoms with Crippen molar-refractivity contribution in [3.63, 3.8) is 0 Å². The first-order chi connectivity index (χ1) is 13.7. The fourth-order valence-corrected chi connectivity index (χ4v) is 3.99. The molecule has 0 radical (unpaired) electrons. The Bertz CT molecular complexity index is 1090. The van der Waals surface area contributed by atoms with Crippen LogP contribution in [0.5, 0.6) is 5.75 Å². The van der Waals surface area contributed by atoms with Crippen LogP contribution in [0.25, 0.3) is 22.4 Å². The minimum absolute atomic E-state index is 0.359. The van der Waals surface area contributed by atoms with Crippen molar-refractivity contribution in [3.05, 3.63) is 36.8 Å². The van der Waals surface area contributed by atoms with Crippen LogP contribution in [0.2, 0.25) is 0 Å². The number of nitrogens with zero attached hydrogens (tertiary/aromatic N) is 5. The van der Waals surface area contributed by atoms with Crippen molar-refractivity contribution >= 4 is 28.7 Å². The van der Waals surface area contributed by atoms with Crippen LogP contribution in [0.15, 0.2) is 46.8 Å². The fourth-order valence-electron chi connectivity index (χ4n) is 2.90. The lowest BCUT2D eigenvalue weighted by atomic mass is 10.1. The lowest BCUT2D eigenvalue weighted by molar-refractivity contribution is 0.414. The van der Waals surface area contributed by atoms with Gasteiger partial charge in [-0.25, -0.2) is 15.0 Å². The van der Waals surface area contributed by atoms with Crippen LogP contribution in [-0.2, 0) is 6.54 Å². The molecule has 10 heteroatoms. The zero-order valence-electron chi connectivity index (χ0n) is 15.3. The van der Waals surface area contributed by atoms with Gasteiger partial charge in [0.25, 0.3) is 0 Å². The molecule has 3 aromatic heterocycles. The lowest BCUT2D eigenvalue weighted by Crippen LogP contribution is -2.07. The molecule has 4 aromatic rings. The number of fused-ring (bicyclic) bond motifs is 1. The minimum Gasteiger partial charge on any atom is -0.497 e. The molecule has 0 atom stereocenters. The summed E-state index contributed by atoms with van der Waals surface area (Å²) >= 11 is 1.51. The second kappa shape index (κ2) is 7.87. The number of rotatable bonds is 7. The Morgan fingerprint density at radius 3 is 2.89 bits per heavy atom. The molecule has 0 fully saturated rings. The number of imidazole rings is 1. The summed E-state index contributed by atoms with van der Waals surface area (Å²) in [4.78, 5) is 14.1. The van der Waals surface area contributed by atoms with E-state index in [2.05, 4.69) is 20.2 Å². The van der Waals surface area contributed by atoms with Gasteiger partial charge in [0.05, 0.1) is 12.8 Å². The van der Waals surface area contributed by atoms with Crippen LogP contribution in [0.3, 0.4) is 0 Å². The zero-order valence-corrected chi connectivity index (χ0v) is 16.1. The molecule has 0 bridgehead atoms. The molecule has 28 heavy (non-hydrogen) atoms. The van der Waals surface area contributed by atoms with Gasteiger partial charge in [0.2, 0.25) is 0 Å². The lowest BCUT2D eigenvalue weighted by Gasteiger charge is -2.11. The zero-order chi connectivity index (χ0) is 19.5. The highest BCUT2D eigenvalue weighted by Gasteiger charge is 2.18. The van der Waals surface area contributed by atoms with Crippen molar-refractivity contribution in [1.82, 2.24) is 29.7 Å². The molecule has 4 rings (SSSR count). The summed E-state index contributed by atoms with van der Waals surface area (Å²) in [6.07, 6.45) is 3.98. The molecule has 0 saturated carbocycles. The highest BCUT2D eigenvalue weighted by molar-refractivity contribution is 7.99. The number of ether oxygens (including phenoxy) is 1. The van der Waals surface area contributed by atoms with Crippen molar-refractivity contribution in [2.45, 2.75) is 23.0 Å². The monoisotopic (exact) mass is 396 g/mol. The van der Waals surface area contributed by atoms with Crippen LogP contribution in [0.1, 0.15) is 6.42 Å². The number of aromatic nitrogens is 6. The Morgan fingerprint density at radius 2 is 2.14 bits per heavy atom. The van der Waals surface area contributed by atoms with E-state index in [-0.39, 0.29) is 0 Å². The first-order valence-electron chi connectivity index (χ1n) is 8.73. The number of nitrogens with one attached hydrogen (secondary N) is 1.